The molecule has 3 N–H and O–H groups in total. The fourth-order valence-electron chi connectivity index (χ4n) is 1.67. The van der Waals surface area contributed by atoms with Gasteiger partial charge in [0.1, 0.15) is 11.6 Å². The van der Waals surface area contributed by atoms with Crippen molar-refractivity contribution in [2.24, 2.45) is 5.84 Å². The summed E-state index contributed by atoms with van der Waals surface area (Å²) in [7, 11) is 1.41. The number of urea groups is 1. The molecule has 1 rings (SSSR count). The van der Waals surface area contributed by atoms with E-state index in [9.17, 15) is 9.59 Å². The number of benzene rings is 1. The Morgan fingerprint density at radius 3 is 2.33 bits per heavy atom. The van der Waals surface area contributed by atoms with Crippen molar-refractivity contribution < 1.29 is 14.3 Å². The number of hydrogen-bond donors (Lipinski definition) is 2. The number of carbonyl (C=O) groups excluding carboxylic acids is 2. The second-order valence-electron chi connectivity index (χ2n) is 5.84. The quantitative estimate of drug-likeness (QED) is 0.381. The van der Waals surface area contributed by atoms with Crippen molar-refractivity contribution in [3.63, 3.8) is 0 Å². The lowest BCUT2D eigenvalue weighted by Crippen LogP contribution is -2.51. The lowest BCUT2D eigenvalue weighted by atomic mass is 10.1. The molecule has 2 amide bonds. The number of ether oxygens (including phenoxy) is 1. The second-order valence-corrected chi connectivity index (χ2v) is 5.84. The van der Waals surface area contributed by atoms with E-state index < -0.39 is 23.6 Å². The third-order valence-electron chi connectivity index (χ3n) is 2.59. The molecule has 0 bridgehead atoms. The second kappa shape index (κ2) is 7.08. The standard InChI is InChI=1S/C15H23N3O3/c1-15(2,3)21-13(19)12(17-14(20)18(4)16)10-11-8-6-5-7-9-11/h5-9,12H,10,16H2,1-4H3,(H,17,20)/t12-/m0/s1. The molecule has 0 radical (unpaired) electrons. The van der Waals surface area contributed by atoms with Gasteiger partial charge >= 0.3 is 12.0 Å². The van der Waals surface area contributed by atoms with Gasteiger partial charge in [-0.15, -0.1) is 0 Å². The smallest absolute Gasteiger partial charge is 0.331 e. The summed E-state index contributed by atoms with van der Waals surface area (Å²) in [5.74, 6) is 4.89. The Labute approximate surface area is 125 Å². The Morgan fingerprint density at radius 1 is 1.29 bits per heavy atom. The fraction of sp³-hybridized carbons (Fsp3) is 0.467. The summed E-state index contributed by atoms with van der Waals surface area (Å²) in [4.78, 5) is 23.9. The van der Waals surface area contributed by atoms with Crippen molar-refractivity contribution in [3.05, 3.63) is 35.9 Å². The van der Waals surface area contributed by atoms with Gasteiger partial charge in [-0.3, -0.25) is 5.01 Å². The minimum Gasteiger partial charge on any atom is -0.458 e. The first-order valence-electron chi connectivity index (χ1n) is 6.75. The van der Waals surface area contributed by atoms with Crippen LogP contribution in [0.5, 0.6) is 0 Å². The third-order valence-corrected chi connectivity index (χ3v) is 2.59. The number of rotatable bonds is 4. The van der Waals surface area contributed by atoms with Crippen LogP contribution in [0.25, 0.3) is 0 Å². The van der Waals surface area contributed by atoms with E-state index in [0.717, 1.165) is 10.6 Å². The van der Waals surface area contributed by atoms with Crippen molar-refractivity contribution in [1.82, 2.24) is 10.3 Å². The Hall–Kier alpha value is -2.08. The molecule has 1 aromatic carbocycles. The first-order valence-corrected chi connectivity index (χ1v) is 6.75. The van der Waals surface area contributed by atoms with Gasteiger partial charge in [0.25, 0.3) is 0 Å². The van der Waals surface area contributed by atoms with Gasteiger partial charge in [-0.05, 0) is 26.3 Å². The van der Waals surface area contributed by atoms with Crippen molar-refractivity contribution >= 4 is 12.0 Å². The predicted molar refractivity (Wildman–Crippen MR) is 80.3 cm³/mol. The minimum absolute atomic E-state index is 0.343. The van der Waals surface area contributed by atoms with Crippen LogP contribution in [0.15, 0.2) is 30.3 Å². The van der Waals surface area contributed by atoms with Crippen LogP contribution in [0.3, 0.4) is 0 Å². The number of nitrogens with one attached hydrogen (secondary N) is 1. The van der Waals surface area contributed by atoms with Gasteiger partial charge in [0.05, 0.1) is 0 Å². The van der Waals surface area contributed by atoms with Gasteiger partial charge in [-0.1, -0.05) is 30.3 Å². The van der Waals surface area contributed by atoms with Gasteiger partial charge < -0.3 is 10.1 Å². The number of hydrogen-bond acceptors (Lipinski definition) is 4. The molecule has 0 unspecified atom stereocenters. The summed E-state index contributed by atoms with van der Waals surface area (Å²) in [6.45, 7) is 5.34. The van der Waals surface area contributed by atoms with Crippen LogP contribution < -0.4 is 11.2 Å². The predicted octanol–water partition coefficient (Wildman–Crippen LogP) is 1.45. The molecule has 0 saturated heterocycles. The average Bonchev–Trinajstić information content (AvgIpc) is 2.36. The molecule has 21 heavy (non-hydrogen) atoms. The Bertz CT molecular complexity index is 481. The first-order chi connectivity index (χ1) is 9.69. The van der Waals surface area contributed by atoms with Gasteiger partial charge in [0, 0.05) is 13.5 Å². The molecule has 1 atom stereocenters. The lowest BCUT2D eigenvalue weighted by molar-refractivity contribution is -0.157. The Balaban J connectivity index is 2.84. The third kappa shape index (κ3) is 6.27. The average molecular weight is 293 g/mol. The largest absolute Gasteiger partial charge is 0.458 e. The van der Waals surface area contributed by atoms with Crippen LogP contribution >= 0.6 is 0 Å². The molecule has 6 heteroatoms. The van der Waals surface area contributed by atoms with Crippen molar-refractivity contribution in [3.8, 4) is 0 Å². The van der Waals surface area contributed by atoms with Crippen LogP contribution in [-0.4, -0.2) is 35.7 Å². The molecule has 0 aliphatic rings. The van der Waals surface area contributed by atoms with Gasteiger partial charge in [0.2, 0.25) is 0 Å². The minimum atomic E-state index is -0.787. The summed E-state index contributed by atoms with van der Waals surface area (Å²) >= 11 is 0. The molecule has 1 aromatic rings. The monoisotopic (exact) mass is 293 g/mol. The lowest BCUT2D eigenvalue weighted by Gasteiger charge is -2.25. The van der Waals surface area contributed by atoms with Crippen LogP contribution in [0.4, 0.5) is 4.79 Å². The highest BCUT2D eigenvalue weighted by atomic mass is 16.6. The van der Waals surface area contributed by atoms with E-state index in [1.165, 1.54) is 7.05 Å². The highest BCUT2D eigenvalue weighted by Crippen LogP contribution is 2.11. The molecule has 0 aliphatic heterocycles. The zero-order valence-corrected chi connectivity index (χ0v) is 12.9. The Morgan fingerprint density at radius 2 is 1.86 bits per heavy atom. The molecule has 0 fully saturated rings. The topological polar surface area (TPSA) is 84.7 Å². The van der Waals surface area contributed by atoms with Crippen LogP contribution in [0.2, 0.25) is 0 Å². The van der Waals surface area contributed by atoms with E-state index in [1.54, 1.807) is 20.8 Å². The van der Waals surface area contributed by atoms with Crippen LogP contribution in [0, 0.1) is 0 Å². The number of carbonyl (C=O) groups is 2. The fourth-order valence-corrected chi connectivity index (χ4v) is 1.67. The number of nitrogens with zero attached hydrogens (tertiary/aromatic N) is 1. The van der Waals surface area contributed by atoms with E-state index in [1.807, 2.05) is 30.3 Å². The SMILES string of the molecule is CN(N)C(=O)N[C@@H](Cc1ccccc1)C(=O)OC(C)(C)C. The number of hydrazine groups is 1. The van der Waals surface area contributed by atoms with E-state index >= 15 is 0 Å². The molecule has 0 heterocycles. The van der Waals surface area contributed by atoms with Gasteiger partial charge in [-0.2, -0.15) is 0 Å². The molecule has 0 aromatic heterocycles. The van der Waals surface area contributed by atoms with Crippen molar-refractivity contribution in [2.75, 3.05) is 7.05 Å². The summed E-state index contributed by atoms with van der Waals surface area (Å²) in [6, 6.07) is 8.08. The molecule has 0 spiro atoms. The summed E-state index contributed by atoms with van der Waals surface area (Å²) < 4.78 is 5.34. The first kappa shape index (κ1) is 17.0. The normalized spacial score (nSPS) is 12.4. The van der Waals surface area contributed by atoms with E-state index in [0.29, 0.717) is 6.42 Å². The van der Waals surface area contributed by atoms with E-state index in [4.69, 9.17) is 10.6 Å². The highest BCUT2D eigenvalue weighted by Gasteiger charge is 2.27. The Kier molecular flexibility index (Phi) is 5.72. The maximum Gasteiger partial charge on any atom is 0.331 e. The van der Waals surface area contributed by atoms with Crippen molar-refractivity contribution in [2.45, 2.75) is 38.8 Å². The molecule has 0 saturated carbocycles. The van der Waals surface area contributed by atoms with Gasteiger partial charge in [-0.25, -0.2) is 15.4 Å². The molecule has 116 valence electrons. The number of nitrogens with two attached hydrogens (primary N) is 1. The number of amides is 2. The molecular formula is C15H23N3O3. The maximum absolute atomic E-state index is 12.2. The van der Waals surface area contributed by atoms with Crippen LogP contribution in [-0.2, 0) is 16.0 Å². The maximum atomic E-state index is 12.2. The summed E-state index contributed by atoms with van der Waals surface area (Å²) in [6.07, 6.45) is 0.343. The van der Waals surface area contributed by atoms with E-state index in [2.05, 4.69) is 5.32 Å². The van der Waals surface area contributed by atoms with Crippen molar-refractivity contribution in [1.29, 1.82) is 0 Å². The molecular weight excluding hydrogens is 270 g/mol. The van der Waals surface area contributed by atoms with Crippen LogP contribution in [0.1, 0.15) is 26.3 Å². The van der Waals surface area contributed by atoms with E-state index in [-0.39, 0.29) is 0 Å². The molecule has 6 nitrogen and oxygen atoms in total. The summed E-state index contributed by atoms with van der Waals surface area (Å²) in [5.41, 5.74) is 0.305. The molecule has 0 aliphatic carbocycles. The zero-order chi connectivity index (χ0) is 16.0. The highest BCUT2D eigenvalue weighted by molar-refractivity contribution is 5.83. The zero-order valence-electron chi connectivity index (χ0n) is 12.9. The summed E-state index contributed by atoms with van der Waals surface area (Å²) in [5, 5.41) is 3.47. The number of esters is 1. The van der Waals surface area contributed by atoms with Gasteiger partial charge in [0.15, 0.2) is 0 Å².